The molecule has 0 spiro atoms. The number of hydrogen-bond acceptors (Lipinski definition) is 8. The average molecular weight is 467 g/mol. The molecule has 2 aromatic carbocycles. The molecule has 3 aromatic rings. The molecule has 30 heavy (non-hydrogen) atoms. The molecule has 0 unspecified atom stereocenters. The van der Waals surface area contributed by atoms with Crippen LogP contribution in [0.4, 0.5) is 5.69 Å². The normalized spacial score (nSPS) is 12.1. The summed E-state index contributed by atoms with van der Waals surface area (Å²) < 4.78 is 33.5. The predicted octanol–water partition coefficient (Wildman–Crippen LogP) is 4.08. The number of sulfonamides is 1. The first-order valence-electron chi connectivity index (χ1n) is 8.28. The van der Waals surface area contributed by atoms with Crippen molar-refractivity contribution in [3.63, 3.8) is 0 Å². The Balaban J connectivity index is 1.83. The van der Waals surface area contributed by atoms with Gasteiger partial charge in [-0.15, -0.1) is 11.8 Å². The Bertz CT molecular complexity index is 1240. The monoisotopic (exact) mass is 466 g/mol. The fourth-order valence-corrected chi connectivity index (χ4v) is 4.52. The third kappa shape index (κ3) is 5.12. The van der Waals surface area contributed by atoms with Gasteiger partial charge in [-0.3, -0.25) is 10.5 Å². The van der Waals surface area contributed by atoms with Crippen LogP contribution in [0.1, 0.15) is 0 Å². The van der Waals surface area contributed by atoms with Gasteiger partial charge in [-0.1, -0.05) is 29.8 Å². The van der Waals surface area contributed by atoms with E-state index >= 15 is 0 Å². The number of benzene rings is 2. The highest BCUT2D eigenvalue weighted by atomic mass is 35.5. The fourth-order valence-electron chi connectivity index (χ4n) is 2.42. The highest BCUT2D eigenvalue weighted by Crippen LogP contribution is 2.32. The van der Waals surface area contributed by atoms with Gasteiger partial charge >= 0.3 is 5.82 Å². The zero-order valence-electron chi connectivity index (χ0n) is 15.2. The number of hydrogen-bond donors (Lipinski definition) is 3. The summed E-state index contributed by atoms with van der Waals surface area (Å²) in [7, 11) is -4.05. The predicted molar refractivity (Wildman–Crippen MR) is 116 cm³/mol. The van der Waals surface area contributed by atoms with E-state index in [1.54, 1.807) is 36.4 Å². The van der Waals surface area contributed by atoms with Crippen molar-refractivity contribution in [3.8, 4) is 0 Å². The van der Waals surface area contributed by atoms with Crippen LogP contribution in [-0.4, -0.2) is 24.8 Å². The van der Waals surface area contributed by atoms with Crippen molar-refractivity contribution < 1.29 is 17.8 Å². The Morgan fingerprint density at radius 2 is 2.03 bits per heavy atom. The summed E-state index contributed by atoms with van der Waals surface area (Å²) in [6, 6.07) is 12.9. The minimum atomic E-state index is -4.05. The summed E-state index contributed by atoms with van der Waals surface area (Å²) in [5.74, 6) is -0.627. The summed E-state index contributed by atoms with van der Waals surface area (Å²) in [4.78, 5) is 10.2. The number of para-hydroxylation sites is 1. The number of fused-ring (bicyclic) bond motifs is 1. The Morgan fingerprint density at radius 1 is 1.30 bits per heavy atom. The molecule has 0 saturated carbocycles. The van der Waals surface area contributed by atoms with Crippen LogP contribution in [0, 0.1) is 15.5 Å². The van der Waals surface area contributed by atoms with E-state index in [0.717, 1.165) is 17.8 Å². The Hall–Kier alpha value is -3.02. The van der Waals surface area contributed by atoms with Gasteiger partial charge < -0.3 is 19.9 Å². The quantitative estimate of drug-likeness (QED) is 0.196. The third-order valence-electron chi connectivity index (χ3n) is 3.77. The van der Waals surface area contributed by atoms with Crippen LogP contribution in [-0.2, 0) is 10.0 Å². The van der Waals surface area contributed by atoms with E-state index in [1.807, 2.05) is 0 Å². The lowest BCUT2D eigenvalue weighted by Gasteiger charge is -2.11. The molecule has 0 saturated heterocycles. The maximum Gasteiger partial charge on any atom is 0.315 e. The lowest BCUT2D eigenvalue weighted by atomic mass is 10.3. The minimum Gasteiger partial charge on any atom is -0.443 e. The highest BCUT2D eigenvalue weighted by Gasteiger charge is 2.21. The summed E-state index contributed by atoms with van der Waals surface area (Å²) in [6.07, 6.45) is 0.932. The van der Waals surface area contributed by atoms with Crippen LogP contribution in [0.25, 0.3) is 11.0 Å². The molecule has 0 atom stereocenters. The standard InChI is InChI=1S/C18H15ClN4O5S2/c19-12-5-6-16(29-10-13(20)9-17(21)23(24)25)14(8-12)22-30(26,27)18-7-11-3-1-2-4-15(11)28-18/h1-9,20,22H,10,21H2/b17-9+,20-13?. The molecule has 0 radical (unpaired) electrons. The van der Waals surface area contributed by atoms with Gasteiger partial charge in [-0.2, -0.15) is 8.42 Å². The van der Waals surface area contributed by atoms with Gasteiger partial charge in [0.05, 0.1) is 11.8 Å². The van der Waals surface area contributed by atoms with E-state index in [2.05, 4.69) is 4.72 Å². The SMILES string of the molecule is N=C(/C=C(\N)[N+](=O)[O-])CSc1ccc(Cl)cc1NS(=O)(=O)c1cc2ccccc2o1. The van der Waals surface area contributed by atoms with Gasteiger partial charge in [0.25, 0.3) is 10.0 Å². The summed E-state index contributed by atoms with van der Waals surface area (Å²) >= 11 is 7.11. The lowest BCUT2D eigenvalue weighted by Crippen LogP contribution is -2.13. The summed E-state index contributed by atoms with van der Waals surface area (Å²) in [5, 5.41) is 19.0. The van der Waals surface area contributed by atoms with Gasteiger partial charge in [0.1, 0.15) is 5.58 Å². The Morgan fingerprint density at radius 3 is 2.73 bits per heavy atom. The third-order valence-corrected chi connectivity index (χ3v) is 6.35. The first-order chi connectivity index (χ1) is 14.2. The van der Waals surface area contributed by atoms with E-state index < -0.39 is 20.8 Å². The van der Waals surface area contributed by atoms with Gasteiger partial charge in [0, 0.05) is 32.8 Å². The van der Waals surface area contributed by atoms with Crippen LogP contribution in [0.2, 0.25) is 5.02 Å². The number of nitro groups is 1. The first-order valence-corrected chi connectivity index (χ1v) is 11.1. The highest BCUT2D eigenvalue weighted by molar-refractivity contribution is 8.00. The molecule has 4 N–H and O–H groups in total. The molecule has 1 aromatic heterocycles. The molecular formula is C18H15ClN4O5S2. The number of allylic oxidation sites excluding steroid dienone is 1. The smallest absolute Gasteiger partial charge is 0.315 e. The second-order valence-electron chi connectivity index (χ2n) is 5.99. The van der Waals surface area contributed by atoms with Crippen LogP contribution < -0.4 is 10.5 Å². The Kier molecular flexibility index (Phi) is 6.34. The van der Waals surface area contributed by atoms with E-state index in [-0.39, 0.29) is 22.2 Å². The molecule has 156 valence electrons. The van der Waals surface area contributed by atoms with Crippen LogP contribution in [0.3, 0.4) is 0 Å². The van der Waals surface area contributed by atoms with E-state index in [9.17, 15) is 18.5 Å². The maximum absolute atomic E-state index is 12.8. The summed E-state index contributed by atoms with van der Waals surface area (Å²) in [6.45, 7) is 0. The molecule has 0 fully saturated rings. The largest absolute Gasteiger partial charge is 0.443 e. The molecule has 0 aliphatic heterocycles. The Labute approximate surface area is 180 Å². The molecule has 9 nitrogen and oxygen atoms in total. The van der Waals surface area contributed by atoms with Crippen molar-refractivity contribution in [2.45, 2.75) is 9.99 Å². The molecular weight excluding hydrogens is 452 g/mol. The zero-order chi connectivity index (χ0) is 21.9. The maximum atomic E-state index is 12.8. The van der Waals surface area contributed by atoms with Crippen LogP contribution >= 0.6 is 23.4 Å². The molecule has 0 bridgehead atoms. The van der Waals surface area contributed by atoms with E-state index in [4.69, 9.17) is 27.2 Å². The second kappa shape index (κ2) is 8.78. The second-order valence-corrected chi connectivity index (χ2v) is 9.06. The molecule has 1 heterocycles. The van der Waals surface area contributed by atoms with E-state index in [0.29, 0.717) is 20.9 Å². The minimum absolute atomic E-state index is 0.0234. The molecule has 0 aliphatic rings. The van der Waals surface area contributed by atoms with Crippen molar-refractivity contribution in [3.05, 3.63) is 75.6 Å². The molecule has 12 heteroatoms. The zero-order valence-corrected chi connectivity index (χ0v) is 17.6. The van der Waals surface area contributed by atoms with Crippen molar-refractivity contribution in [2.75, 3.05) is 10.5 Å². The van der Waals surface area contributed by atoms with Gasteiger partial charge in [0.15, 0.2) is 0 Å². The number of halogens is 1. The number of rotatable bonds is 8. The van der Waals surface area contributed by atoms with E-state index in [1.165, 1.54) is 12.1 Å². The van der Waals surface area contributed by atoms with Crippen molar-refractivity contribution in [2.24, 2.45) is 5.73 Å². The summed E-state index contributed by atoms with van der Waals surface area (Å²) in [5.41, 5.74) is 5.73. The van der Waals surface area contributed by atoms with Crippen molar-refractivity contribution in [1.82, 2.24) is 0 Å². The number of nitrogens with zero attached hydrogens (tertiary/aromatic N) is 1. The van der Waals surface area contributed by atoms with Gasteiger partial charge in [-0.05, 0) is 29.2 Å². The fraction of sp³-hybridized carbons (Fsp3) is 0.0556. The molecule has 0 aliphatic carbocycles. The van der Waals surface area contributed by atoms with Crippen LogP contribution in [0.5, 0.6) is 0 Å². The number of thioether (sulfide) groups is 1. The number of furan rings is 1. The molecule has 3 rings (SSSR count). The lowest BCUT2D eigenvalue weighted by molar-refractivity contribution is -0.426. The average Bonchev–Trinajstić information content (AvgIpc) is 3.12. The number of anilines is 1. The van der Waals surface area contributed by atoms with Gasteiger partial charge in [0.2, 0.25) is 5.09 Å². The van der Waals surface area contributed by atoms with Crippen molar-refractivity contribution >= 4 is 55.8 Å². The number of nitrogens with one attached hydrogen (secondary N) is 2. The van der Waals surface area contributed by atoms with Gasteiger partial charge in [-0.25, -0.2) is 0 Å². The van der Waals surface area contributed by atoms with Crippen molar-refractivity contribution in [1.29, 1.82) is 5.41 Å². The van der Waals surface area contributed by atoms with Crippen LogP contribution in [0.15, 0.2) is 74.8 Å². The first kappa shape index (κ1) is 21.7. The topological polar surface area (TPSA) is 152 Å². The number of nitrogens with two attached hydrogens (primary N) is 1. The molecule has 0 amide bonds.